The second-order valence-electron chi connectivity index (χ2n) is 6.34. The van der Waals surface area contributed by atoms with Gasteiger partial charge in [0.15, 0.2) is 0 Å². The Bertz CT molecular complexity index is 294. The molecule has 1 aliphatic heterocycles. The summed E-state index contributed by atoms with van der Waals surface area (Å²) in [6.07, 6.45) is 0.450. The van der Waals surface area contributed by atoms with Gasteiger partial charge in [0, 0.05) is 25.2 Å². The van der Waals surface area contributed by atoms with Crippen LogP contribution in [0, 0.1) is 5.92 Å². The average Bonchev–Trinajstić information content (AvgIpc) is 2.57. The molecule has 112 valence electrons. The number of aliphatic hydroxyl groups is 1. The van der Waals surface area contributed by atoms with E-state index in [0.29, 0.717) is 19.0 Å². The monoisotopic (exact) mass is 271 g/mol. The van der Waals surface area contributed by atoms with Crippen LogP contribution in [0.4, 0.5) is 0 Å². The van der Waals surface area contributed by atoms with Crippen LogP contribution >= 0.6 is 0 Å². The van der Waals surface area contributed by atoms with Gasteiger partial charge in [0.1, 0.15) is 0 Å². The van der Waals surface area contributed by atoms with Crippen molar-refractivity contribution < 1.29 is 9.90 Å². The number of rotatable bonds is 6. The van der Waals surface area contributed by atoms with Crippen molar-refractivity contribution >= 4 is 5.91 Å². The molecular weight excluding hydrogens is 242 g/mol. The first-order valence-corrected chi connectivity index (χ1v) is 7.15. The number of amides is 1. The number of aliphatic hydroxyl groups excluding tert-OH is 1. The minimum Gasteiger partial charge on any atom is -0.392 e. The number of hydrogen-bond donors (Lipinski definition) is 2. The Hall–Kier alpha value is -0.650. The highest BCUT2D eigenvalue weighted by molar-refractivity contribution is 5.78. The van der Waals surface area contributed by atoms with Gasteiger partial charge in [-0.25, -0.2) is 0 Å². The highest BCUT2D eigenvalue weighted by atomic mass is 16.3. The minimum absolute atomic E-state index is 0.0547. The second kappa shape index (κ2) is 7.22. The van der Waals surface area contributed by atoms with Crippen LogP contribution in [0.2, 0.25) is 0 Å². The molecule has 19 heavy (non-hydrogen) atoms. The second-order valence-corrected chi connectivity index (χ2v) is 6.34. The van der Waals surface area contributed by atoms with E-state index < -0.39 is 0 Å². The molecule has 0 radical (unpaired) electrons. The van der Waals surface area contributed by atoms with Gasteiger partial charge < -0.3 is 15.3 Å². The van der Waals surface area contributed by atoms with Gasteiger partial charge in [-0.15, -0.1) is 0 Å². The molecule has 5 heteroatoms. The van der Waals surface area contributed by atoms with Crippen LogP contribution in [0.3, 0.4) is 0 Å². The lowest BCUT2D eigenvalue weighted by Gasteiger charge is -2.27. The summed E-state index contributed by atoms with van der Waals surface area (Å²) in [5, 5.41) is 12.8. The summed E-state index contributed by atoms with van der Waals surface area (Å²) < 4.78 is 0. The fourth-order valence-corrected chi connectivity index (χ4v) is 2.41. The largest absolute Gasteiger partial charge is 0.392 e. The maximum atomic E-state index is 12.0. The summed E-state index contributed by atoms with van der Waals surface area (Å²) in [5.74, 6) is 0.491. The SMILES string of the molecule is CC(C)C(C)NC(=O)CN1CC(O)CC1CN(C)C. The number of likely N-dealkylation sites (tertiary alicyclic amines) is 1. The molecule has 1 saturated heterocycles. The van der Waals surface area contributed by atoms with Gasteiger partial charge in [0.25, 0.3) is 0 Å². The molecule has 0 bridgehead atoms. The van der Waals surface area contributed by atoms with E-state index >= 15 is 0 Å². The van der Waals surface area contributed by atoms with Gasteiger partial charge in [0.2, 0.25) is 5.91 Å². The third kappa shape index (κ3) is 5.47. The number of β-amino-alcohol motifs (C(OH)–C–C–N with tert-alkyl or cyclic N) is 1. The first-order chi connectivity index (χ1) is 8.79. The molecule has 0 spiro atoms. The fraction of sp³-hybridized carbons (Fsp3) is 0.929. The molecule has 0 aromatic rings. The third-order valence-corrected chi connectivity index (χ3v) is 3.82. The molecule has 3 atom stereocenters. The summed E-state index contributed by atoms with van der Waals surface area (Å²) in [4.78, 5) is 16.2. The summed E-state index contributed by atoms with van der Waals surface area (Å²) >= 11 is 0. The molecule has 0 saturated carbocycles. The van der Waals surface area contributed by atoms with E-state index in [1.165, 1.54) is 0 Å². The lowest BCUT2D eigenvalue weighted by atomic mass is 10.1. The average molecular weight is 271 g/mol. The van der Waals surface area contributed by atoms with E-state index in [9.17, 15) is 9.90 Å². The van der Waals surface area contributed by atoms with Crippen molar-refractivity contribution in [3.8, 4) is 0 Å². The lowest BCUT2D eigenvalue weighted by molar-refractivity contribution is -0.123. The number of hydrogen-bond acceptors (Lipinski definition) is 4. The highest BCUT2D eigenvalue weighted by Crippen LogP contribution is 2.18. The Morgan fingerprint density at radius 1 is 1.42 bits per heavy atom. The van der Waals surface area contributed by atoms with E-state index in [2.05, 4.69) is 29.0 Å². The Labute approximate surface area is 117 Å². The summed E-state index contributed by atoms with van der Waals surface area (Å²) in [5.41, 5.74) is 0. The zero-order valence-electron chi connectivity index (χ0n) is 12.9. The van der Waals surface area contributed by atoms with Crippen molar-refractivity contribution in [3.05, 3.63) is 0 Å². The fourth-order valence-electron chi connectivity index (χ4n) is 2.41. The van der Waals surface area contributed by atoms with Crippen LogP contribution in [0.1, 0.15) is 27.2 Å². The van der Waals surface area contributed by atoms with Gasteiger partial charge in [-0.2, -0.15) is 0 Å². The maximum absolute atomic E-state index is 12.0. The van der Waals surface area contributed by atoms with Crippen molar-refractivity contribution in [3.63, 3.8) is 0 Å². The van der Waals surface area contributed by atoms with Crippen molar-refractivity contribution in [1.29, 1.82) is 0 Å². The molecule has 1 amide bonds. The first kappa shape index (κ1) is 16.4. The van der Waals surface area contributed by atoms with E-state index in [1.54, 1.807) is 0 Å². The zero-order chi connectivity index (χ0) is 14.6. The van der Waals surface area contributed by atoms with Crippen molar-refractivity contribution in [2.75, 3.05) is 33.7 Å². The molecular formula is C14H29N3O2. The molecule has 0 aromatic heterocycles. The predicted octanol–water partition coefficient (Wildman–Crippen LogP) is 0.144. The van der Waals surface area contributed by atoms with E-state index in [-0.39, 0.29) is 24.1 Å². The van der Waals surface area contributed by atoms with Crippen molar-refractivity contribution in [1.82, 2.24) is 15.1 Å². The minimum atomic E-state index is -0.305. The Balaban J connectivity index is 2.47. The molecule has 0 aliphatic carbocycles. The lowest BCUT2D eigenvalue weighted by Crippen LogP contribution is -2.46. The molecule has 1 fully saturated rings. The molecule has 1 heterocycles. The van der Waals surface area contributed by atoms with Crippen LogP contribution in [-0.4, -0.2) is 72.7 Å². The maximum Gasteiger partial charge on any atom is 0.234 e. The number of nitrogens with zero attached hydrogens (tertiary/aromatic N) is 2. The quantitative estimate of drug-likeness (QED) is 0.722. The van der Waals surface area contributed by atoms with Gasteiger partial charge in [-0.3, -0.25) is 9.69 Å². The van der Waals surface area contributed by atoms with Gasteiger partial charge in [-0.05, 0) is 33.4 Å². The predicted molar refractivity (Wildman–Crippen MR) is 77.0 cm³/mol. The number of carbonyl (C=O) groups is 1. The topological polar surface area (TPSA) is 55.8 Å². The first-order valence-electron chi connectivity index (χ1n) is 7.15. The molecule has 3 unspecified atom stereocenters. The smallest absolute Gasteiger partial charge is 0.234 e. The van der Waals surface area contributed by atoms with Crippen LogP contribution < -0.4 is 5.32 Å². The molecule has 5 nitrogen and oxygen atoms in total. The Kier molecular flexibility index (Phi) is 6.23. The van der Waals surface area contributed by atoms with Crippen molar-refractivity contribution in [2.45, 2.75) is 45.4 Å². The molecule has 1 rings (SSSR count). The molecule has 2 N–H and O–H groups in total. The Morgan fingerprint density at radius 2 is 2.05 bits per heavy atom. The number of likely N-dealkylation sites (N-methyl/N-ethyl adjacent to an activating group) is 1. The molecule has 1 aliphatic rings. The summed E-state index contributed by atoms with van der Waals surface area (Å²) in [6.45, 7) is 8.08. The van der Waals surface area contributed by atoms with Gasteiger partial charge in [0.05, 0.1) is 12.6 Å². The van der Waals surface area contributed by atoms with E-state index in [4.69, 9.17) is 0 Å². The van der Waals surface area contributed by atoms with E-state index in [1.807, 2.05) is 21.0 Å². The van der Waals surface area contributed by atoms with E-state index in [0.717, 1.165) is 13.0 Å². The van der Waals surface area contributed by atoms with Crippen LogP contribution in [0.25, 0.3) is 0 Å². The Morgan fingerprint density at radius 3 is 2.58 bits per heavy atom. The van der Waals surface area contributed by atoms with Crippen LogP contribution in [0.5, 0.6) is 0 Å². The summed E-state index contributed by atoms with van der Waals surface area (Å²) in [6, 6.07) is 0.456. The summed E-state index contributed by atoms with van der Waals surface area (Å²) in [7, 11) is 4.04. The van der Waals surface area contributed by atoms with Crippen molar-refractivity contribution in [2.24, 2.45) is 5.92 Å². The van der Waals surface area contributed by atoms with Gasteiger partial charge in [-0.1, -0.05) is 13.8 Å². The number of carbonyl (C=O) groups excluding carboxylic acids is 1. The normalized spacial score (nSPS) is 26.1. The standard InChI is InChI=1S/C14H29N3O2/c1-10(2)11(3)15-14(19)9-17-8-13(18)6-12(17)7-16(4)5/h10-13,18H,6-9H2,1-5H3,(H,15,19). The van der Waals surface area contributed by atoms with Gasteiger partial charge >= 0.3 is 0 Å². The third-order valence-electron chi connectivity index (χ3n) is 3.82. The van der Waals surface area contributed by atoms with Crippen LogP contribution in [0.15, 0.2) is 0 Å². The number of nitrogens with one attached hydrogen (secondary N) is 1. The highest BCUT2D eigenvalue weighted by Gasteiger charge is 2.32. The zero-order valence-corrected chi connectivity index (χ0v) is 12.9. The van der Waals surface area contributed by atoms with Crippen LogP contribution in [-0.2, 0) is 4.79 Å². The molecule has 0 aromatic carbocycles.